The average molecular weight is 456 g/mol. The van der Waals surface area contributed by atoms with Crippen LogP contribution in [0.5, 0.6) is 0 Å². The predicted molar refractivity (Wildman–Crippen MR) is 93.8 cm³/mol. The molecule has 1 nitrogen and oxygen atoms in total. The summed E-state index contributed by atoms with van der Waals surface area (Å²) in [5, 5.41) is 4.27. The second-order valence-corrected chi connectivity index (χ2v) is 6.92. The van der Waals surface area contributed by atoms with E-state index in [2.05, 4.69) is 37.2 Å². The zero-order chi connectivity index (χ0) is 15.6. The third-order valence-corrected chi connectivity index (χ3v) is 5.56. The summed E-state index contributed by atoms with van der Waals surface area (Å²) in [4.78, 5) is 0. The minimum Gasteiger partial charge on any atom is -0.306 e. The van der Waals surface area contributed by atoms with Crippen molar-refractivity contribution in [2.45, 2.75) is 13.0 Å². The van der Waals surface area contributed by atoms with Crippen molar-refractivity contribution in [3.05, 3.63) is 66.3 Å². The van der Waals surface area contributed by atoms with Crippen molar-refractivity contribution < 1.29 is 4.39 Å². The van der Waals surface area contributed by atoms with Crippen LogP contribution < -0.4 is 5.32 Å². The maximum atomic E-state index is 14.3. The Kier molecular flexibility index (Phi) is 6.09. The van der Waals surface area contributed by atoms with Crippen LogP contribution in [0.25, 0.3) is 0 Å². The van der Waals surface area contributed by atoms with Gasteiger partial charge in [0.1, 0.15) is 5.82 Å². The normalized spacial score (nSPS) is 12.5. The van der Waals surface area contributed by atoms with Crippen molar-refractivity contribution in [1.29, 1.82) is 0 Å². The van der Waals surface area contributed by atoms with Crippen LogP contribution in [0.4, 0.5) is 4.39 Å². The fourth-order valence-electron chi connectivity index (χ4n) is 2.09. The summed E-state index contributed by atoms with van der Waals surface area (Å²) in [6.07, 6.45) is 0. The maximum Gasteiger partial charge on any atom is 0.129 e. The molecule has 2 rings (SSSR count). The molecule has 0 radical (unpaired) electrons. The van der Waals surface area contributed by atoms with E-state index in [1.54, 1.807) is 6.07 Å². The highest BCUT2D eigenvalue weighted by Crippen LogP contribution is 2.36. The summed E-state index contributed by atoms with van der Waals surface area (Å²) in [6, 6.07) is 8.20. The summed E-state index contributed by atoms with van der Waals surface area (Å²) in [5.41, 5.74) is 1.26. The van der Waals surface area contributed by atoms with Crippen LogP contribution in [0.15, 0.2) is 39.3 Å². The highest BCUT2D eigenvalue weighted by atomic mass is 79.9. The molecule has 0 spiro atoms. The molecule has 0 heterocycles. The Bertz CT molecular complexity index is 664. The van der Waals surface area contributed by atoms with Crippen LogP contribution in [0.2, 0.25) is 10.0 Å². The first-order valence-electron chi connectivity index (χ1n) is 6.27. The van der Waals surface area contributed by atoms with E-state index in [1.165, 1.54) is 6.07 Å². The molecule has 112 valence electrons. The summed E-state index contributed by atoms with van der Waals surface area (Å²) < 4.78 is 15.6. The molecule has 0 amide bonds. The van der Waals surface area contributed by atoms with Gasteiger partial charge in [-0.25, -0.2) is 4.39 Å². The summed E-state index contributed by atoms with van der Waals surface area (Å²) in [7, 11) is 0. The number of halogens is 5. The first-order valence-corrected chi connectivity index (χ1v) is 8.61. The van der Waals surface area contributed by atoms with Gasteiger partial charge in [0, 0.05) is 14.5 Å². The van der Waals surface area contributed by atoms with E-state index in [0.717, 1.165) is 10.0 Å². The quantitative estimate of drug-likeness (QED) is 0.529. The molecule has 2 aromatic rings. The van der Waals surface area contributed by atoms with E-state index in [4.69, 9.17) is 23.2 Å². The predicted octanol–water partition coefficient (Wildman–Crippen LogP) is 6.36. The van der Waals surface area contributed by atoms with Crippen molar-refractivity contribution in [1.82, 2.24) is 5.32 Å². The number of hydrogen-bond acceptors (Lipinski definition) is 1. The number of hydrogen-bond donors (Lipinski definition) is 1. The summed E-state index contributed by atoms with van der Waals surface area (Å²) in [5.74, 6) is -0.340. The molecule has 0 saturated heterocycles. The minimum atomic E-state index is -0.370. The Labute approximate surface area is 150 Å². The molecule has 0 aromatic heterocycles. The first kappa shape index (κ1) is 17.2. The van der Waals surface area contributed by atoms with Crippen LogP contribution >= 0.6 is 55.1 Å². The van der Waals surface area contributed by atoms with Crippen molar-refractivity contribution >= 4 is 55.1 Å². The fourth-order valence-corrected chi connectivity index (χ4v) is 3.20. The van der Waals surface area contributed by atoms with Gasteiger partial charge in [0.05, 0.1) is 16.1 Å². The van der Waals surface area contributed by atoms with Gasteiger partial charge >= 0.3 is 0 Å². The second-order valence-electron chi connectivity index (χ2n) is 4.42. The fraction of sp³-hybridized carbons (Fsp3) is 0.200. The van der Waals surface area contributed by atoms with Crippen LogP contribution in [0.1, 0.15) is 24.1 Å². The maximum absolute atomic E-state index is 14.3. The highest BCUT2D eigenvalue weighted by Gasteiger charge is 2.21. The lowest BCUT2D eigenvalue weighted by molar-refractivity contribution is 0.558. The number of rotatable bonds is 4. The lowest BCUT2D eigenvalue weighted by Gasteiger charge is -2.21. The van der Waals surface area contributed by atoms with Crippen LogP contribution in [0, 0.1) is 5.82 Å². The molecule has 0 aliphatic carbocycles. The van der Waals surface area contributed by atoms with E-state index in [1.807, 2.05) is 25.1 Å². The van der Waals surface area contributed by atoms with Crippen molar-refractivity contribution in [2.75, 3.05) is 6.54 Å². The molecule has 1 unspecified atom stereocenters. The van der Waals surface area contributed by atoms with Crippen molar-refractivity contribution in [3.63, 3.8) is 0 Å². The molecule has 0 saturated carbocycles. The smallest absolute Gasteiger partial charge is 0.129 e. The zero-order valence-corrected chi connectivity index (χ0v) is 15.7. The van der Waals surface area contributed by atoms with Crippen LogP contribution in [-0.4, -0.2) is 6.54 Å². The van der Waals surface area contributed by atoms with E-state index in [0.29, 0.717) is 26.6 Å². The molecule has 0 fully saturated rings. The molecule has 21 heavy (non-hydrogen) atoms. The molecule has 0 aliphatic heterocycles. The zero-order valence-electron chi connectivity index (χ0n) is 11.1. The molecule has 1 atom stereocenters. The number of benzene rings is 2. The third-order valence-electron chi connectivity index (χ3n) is 3.05. The number of nitrogens with one attached hydrogen (secondary N) is 1. The molecule has 1 N–H and O–H groups in total. The Morgan fingerprint density at radius 3 is 2.52 bits per heavy atom. The van der Waals surface area contributed by atoms with Gasteiger partial charge in [-0.3, -0.25) is 0 Å². The Hall–Kier alpha value is -0.130. The largest absolute Gasteiger partial charge is 0.306 e. The van der Waals surface area contributed by atoms with Gasteiger partial charge in [-0.05, 0) is 62.2 Å². The SMILES string of the molecule is CCNC(c1cc(Cl)c(Br)cc1F)c1cccc(Br)c1Cl. The third kappa shape index (κ3) is 3.80. The van der Waals surface area contributed by atoms with Gasteiger partial charge in [0.25, 0.3) is 0 Å². The van der Waals surface area contributed by atoms with Crippen LogP contribution in [0.3, 0.4) is 0 Å². The minimum absolute atomic E-state index is 0.340. The second kappa shape index (κ2) is 7.42. The van der Waals surface area contributed by atoms with Gasteiger partial charge in [-0.2, -0.15) is 0 Å². The average Bonchev–Trinajstić information content (AvgIpc) is 2.44. The van der Waals surface area contributed by atoms with Gasteiger partial charge in [-0.15, -0.1) is 0 Å². The van der Waals surface area contributed by atoms with Gasteiger partial charge < -0.3 is 5.32 Å². The Morgan fingerprint density at radius 2 is 1.86 bits per heavy atom. The Balaban J connectivity index is 2.59. The Morgan fingerprint density at radius 1 is 1.14 bits per heavy atom. The van der Waals surface area contributed by atoms with E-state index >= 15 is 0 Å². The molecular weight excluding hydrogens is 444 g/mol. The van der Waals surface area contributed by atoms with E-state index in [9.17, 15) is 4.39 Å². The van der Waals surface area contributed by atoms with Crippen molar-refractivity contribution in [2.24, 2.45) is 0 Å². The van der Waals surface area contributed by atoms with Crippen LogP contribution in [-0.2, 0) is 0 Å². The van der Waals surface area contributed by atoms with Gasteiger partial charge in [0.2, 0.25) is 0 Å². The van der Waals surface area contributed by atoms with Crippen molar-refractivity contribution in [3.8, 4) is 0 Å². The van der Waals surface area contributed by atoms with Gasteiger partial charge in [0.15, 0.2) is 0 Å². The summed E-state index contributed by atoms with van der Waals surface area (Å²) >= 11 is 19.1. The first-order chi connectivity index (χ1) is 9.95. The molecular formula is C15H12Br2Cl2FN. The molecule has 0 bridgehead atoms. The topological polar surface area (TPSA) is 12.0 Å². The standard InChI is InChI=1S/C15H12Br2Cl2FN/c1-2-21-15(8-4-3-5-10(16)14(8)19)9-6-12(18)11(17)7-13(9)20/h3-7,15,21H,2H2,1H3. The van der Waals surface area contributed by atoms with E-state index < -0.39 is 0 Å². The summed E-state index contributed by atoms with van der Waals surface area (Å²) in [6.45, 7) is 2.62. The monoisotopic (exact) mass is 453 g/mol. The van der Waals surface area contributed by atoms with E-state index in [-0.39, 0.29) is 11.9 Å². The van der Waals surface area contributed by atoms with Gasteiger partial charge in [-0.1, -0.05) is 42.3 Å². The lowest BCUT2D eigenvalue weighted by Crippen LogP contribution is -2.23. The molecule has 6 heteroatoms. The molecule has 0 aliphatic rings. The lowest BCUT2D eigenvalue weighted by atomic mass is 9.98. The highest BCUT2D eigenvalue weighted by molar-refractivity contribution is 9.10. The molecule has 2 aromatic carbocycles.